The number of hydrogen-bond acceptors (Lipinski definition) is 4. The van der Waals surface area contributed by atoms with Gasteiger partial charge < -0.3 is 19.7 Å². The van der Waals surface area contributed by atoms with Crippen LogP contribution in [0.1, 0.15) is 29.5 Å². The molecular weight excluding hydrogens is 411 g/mol. The Balaban J connectivity index is 1.87. The number of halogens is 5. The highest BCUT2D eigenvalue weighted by Gasteiger charge is 2.31. The van der Waals surface area contributed by atoms with Gasteiger partial charge in [0.15, 0.2) is 11.6 Å². The summed E-state index contributed by atoms with van der Waals surface area (Å²) in [6.45, 7) is -0.370. The van der Waals surface area contributed by atoms with Crippen molar-refractivity contribution in [2.75, 3.05) is 6.61 Å². The van der Waals surface area contributed by atoms with E-state index >= 15 is 0 Å². The Morgan fingerprint density at radius 1 is 1.10 bits per heavy atom. The lowest BCUT2D eigenvalue weighted by molar-refractivity contribution is -0.185. The molecule has 0 saturated carbocycles. The average Bonchev–Trinajstić information content (AvgIpc) is 2.67. The molecule has 3 atom stereocenters. The monoisotopic (exact) mass is 430 g/mol. The second-order valence-electron chi connectivity index (χ2n) is 6.88. The van der Waals surface area contributed by atoms with Crippen LogP contribution in [0.2, 0.25) is 0 Å². The first-order chi connectivity index (χ1) is 14.2. The molecule has 9 heteroatoms. The molecule has 0 spiro atoms. The second-order valence-corrected chi connectivity index (χ2v) is 6.88. The molecule has 0 radical (unpaired) electrons. The van der Waals surface area contributed by atoms with E-state index in [1.165, 1.54) is 24.3 Å². The summed E-state index contributed by atoms with van der Waals surface area (Å²) in [6.07, 6.45) is -4.48. The lowest BCUT2D eigenvalue weighted by Crippen LogP contribution is -2.40. The van der Waals surface area contributed by atoms with Crippen LogP contribution in [-0.4, -0.2) is 35.3 Å². The molecule has 2 aromatic carbocycles. The second kappa shape index (κ2) is 9.11. The van der Waals surface area contributed by atoms with E-state index in [0.29, 0.717) is 6.07 Å². The smallest absolute Gasteiger partial charge is 0.416 e. The van der Waals surface area contributed by atoms with Crippen molar-refractivity contribution < 1.29 is 41.6 Å². The van der Waals surface area contributed by atoms with Gasteiger partial charge in [-0.15, -0.1) is 0 Å². The summed E-state index contributed by atoms with van der Waals surface area (Å²) in [7, 11) is 0. The van der Waals surface area contributed by atoms with Crippen LogP contribution >= 0.6 is 0 Å². The largest absolute Gasteiger partial charge is 0.461 e. The first kappa shape index (κ1) is 22.2. The van der Waals surface area contributed by atoms with Crippen molar-refractivity contribution in [3.05, 3.63) is 64.7 Å². The topological polar surface area (TPSA) is 58.9 Å². The molecule has 0 unspecified atom stereocenters. The molecule has 30 heavy (non-hydrogen) atoms. The summed E-state index contributed by atoms with van der Waals surface area (Å²) in [6, 6.07) is 6.01. The summed E-state index contributed by atoms with van der Waals surface area (Å²) in [5, 5.41) is 19.1. The molecule has 1 fully saturated rings. The van der Waals surface area contributed by atoms with Crippen molar-refractivity contribution in [3.8, 4) is 5.75 Å². The van der Waals surface area contributed by atoms with Gasteiger partial charge in [-0.1, -0.05) is 24.3 Å². The van der Waals surface area contributed by atoms with Gasteiger partial charge in [-0.2, -0.15) is 13.2 Å². The molecule has 1 saturated heterocycles. The third-order valence-electron chi connectivity index (χ3n) is 4.50. The van der Waals surface area contributed by atoms with Crippen LogP contribution < -0.4 is 4.74 Å². The van der Waals surface area contributed by atoms with Gasteiger partial charge >= 0.3 is 6.18 Å². The number of benzene rings is 2. The first-order valence-electron chi connectivity index (χ1n) is 9.11. The van der Waals surface area contributed by atoms with E-state index in [2.05, 4.69) is 0 Å². The third-order valence-corrected chi connectivity index (χ3v) is 4.50. The highest BCUT2D eigenvalue weighted by atomic mass is 19.4. The minimum Gasteiger partial charge on any atom is -0.461 e. The average molecular weight is 430 g/mol. The lowest BCUT2D eigenvalue weighted by atomic mass is 10.1. The van der Waals surface area contributed by atoms with Crippen LogP contribution in [0.4, 0.5) is 22.0 Å². The highest BCUT2D eigenvalue weighted by Crippen LogP contribution is 2.32. The summed E-state index contributed by atoms with van der Waals surface area (Å²) in [5.41, 5.74) is -0.745. The van der Waals surface area contributed by atoms with Crippen molar-refractivity contribution >= 4 is 12.2 Å². The number of aliphatic hydroxyl groups is 2. The van der Waals surface area contributed by atoms with E-state index in [-0.39, 0.29) is 36.3 Å². The van der Waals surface area contributed by atoms with E-state index in [0.717, 1.165) is 18.2 Å². The van der Waals surface area contributed by atoms with Crippen molar-refractivity contribution in [1.82, 2.24) is 0 Å². The lowest BCUT2D eigenvalue weighted by Gasteiger charge is -2.32. The fourth-order valence-corrected chi connectivity index (χ4v) is 3.11. The molecule has 4 nitrogen and oxygen atoms in total. The van der Waals surface area contributed by atoms with E-state index in [9.17, 15) is 32.2 Å². The van der Waals surface area contributed by atoms with E-state index in [1.807, 2.05) is 0 Å². The van der Waals surface area contributed by atoms with Gasteiger partial charge in [0.1, 0.15) is 5.82 Å². The van der Waals surface area contributed by atoms with Crippen molar-refractivity contribution in [2.45, 2.75) is 37.5 Å². The van der Waals surface area contributed by atoms with E-state index in [4.69, 9.17) is 9.47 Å². The molecule has 1 aliphatic rings. The molecule has 0 bridgehead atoms. The van der Waals surface area contributed by atoms with Gasteiger partial charge in [-0.25, -0.2) is 8.78 Å². The third kappa shape index (κ3) is 5.56. The number of aliphatic hydroxyl groups excluding tert-OH is 2. The number of hydrogen-bond donors (Lipinski definition) is 2. The Morgan fingerprint density at radius 2 is 1.87 bits per heavy atom. The van der Waals surface area contributed by atoms with E-state index < -0.39 is 41.9 Å². The molecule has 2 N–H and O–H groups in total. The van der Waals surface area contributed by atoms with Crippen LogP contribution in [0.3, 0.4) is 0 Å². The van der Waals surface area contributed by atoms with Gasteiger partial charge in [0.2, 0.25) is 6.29 Å². The van der Waals surface area contributed by atoms with Crippen molar-refractivity contribution in [1.29, 1.82) is 0 Å². The fraction of sp³-hybridized carbons (Fsp3) is 0.333. The maximum Gasteiger partial charge on any atom is 0.416 e. The predicted molar refractivity (Wildman–Crippen MR) is 98.3 cm³/mol. The zero-order valence-electron chi connectivity index (χ0n) is 15.6. The molecular formula is C21H19F5O4. The Labute approximate surface area is 169 Å². The normalized spacial score (nSPS) is 22.4. The van der Waals surface area contributed by atoms with Crippen molar-refractivity contribution in [2.24, 2.45) is 0 Å². The highest BCUT2D eigenvalue weighted by molar-refractivity contribution is 5.73. The summed E-state index contributed by atoms with van der Waals surface area (Å²) in [4.78, 5) is 0. The van der Waals surface area contributed by atoms with Gasteiger partial charge in [-0.3, -0.25) is 0 Å². The molecule has 1 aliphatic heterocycles. The predicted octanol–water partition coefficient (Wildman–Crippen LogP) is 4.39. The zero-order chi connectivity index (χ0) is 21.9. The SMILES string of the molecule is OC[C@@H]1C[C@H](O)C[C@H](Oc2c(F)cc(F)cc2/C=C/c2cccc(C(F)(F)F)c2)O1. The van der Waals surface area contributed by atoms with Crippen LogP contribution in [-0.2, 0) is 10.9 Å². The van der Waals surface area contributed by atoms with Gasteiger partial charge in [0, 0.05) is 24.5 Å². The van der Waals surface area contributed by atoms with Crippen LogP contribution in [0.25, 0.3) is 12.2 Å². The van der Waals surface area contributed by atoms with Gasteiger partial charge in [-0.05, 0) is 23.8 Å². The van der Waals surface area contributed by atoms with Crippen LogP contribution in [0, 0.1) is 11.6 Å². The standard InChI is InChI=1S/C21H19F5O4/c22-15-7-13(5-4-12-2-1-3-14(6-12)21(24,25)26)20(18(23)8-15)30-19-10-16(28)9-17(11-27)29-19/h1-8,16-17,19,27-28H,9-11H2/b5-4+/t16-,17-,19-/m0/s1. The van der Waals surface area contributed by atoms with Crippen LogP contribution in [0.5, 0.6) is 5.75 Å². The zero-order valence-corrected chi connectivity index (χ0v) is 15.6. The summed E-state index contributed by atoms with van der Waals surface area (Å²) >= 11 is 0. The van der Waals surface area contributed by atoms with Crippen LogP contribution in [0.15, 0.2) is 36.4 Å². The number of alkyl halides is 3. The molecule has 2 aromatic rings. The Bertz CT molecular complexity index is 913. The van der Waals surface area contributed by atoms with Gasteiger partial charge in [0.25, 0.3) is 0 Å². The molecule has 162 valence electrons. The molecule has 0 aliphatic carbocycles. The summed E-state index contributed by atoms with van der Waals surface area (Å²) in [5.74, 6) is -2.32. The fourth-order valence-electron chi connectivity index (χ4n) is 3.11. The quantitative estimate of drug-likeness (QED) is 0.546. The molecule has 0 amide bonds. The maximum atomic E-state index is 14.4. The maximum absolute atomic E-state index is 14.4. The molecule has 3 rings (SSSR count). The molecule has 0 aromatic heterocycles. The first-order valence-corrected chi connectivity index (χ1v) is 9.11. The minimum atomic E-state index is -4.52. The Morgan fingerprint density at radius 3 is 2.57 bits per heavy atom. The Kier molecular flexibility index (Phi) is 6.74. The van der Waals surface area contributed by atoms with Crippen molar-refractivity contribution in [3.63, 3.8) is 0 Å². The number of ether oxygens (including phenoxy) is 2. The number of rotatable bonds is 5. The Hall–Kier alpha value is -2.49. The van der Waals surface area contributed by atoms with Gasteiger partial charge in [0.05, 0.1) is 24.4 Å². The molecule has 1 heterocycles. The van der Waals surface area contributed by atoms with E-state index in [1.54, 1.807) is 0 Å². The minimum absolute atomic E-state index is 0.00407. The summed E-state index contributed by atoms with van der Waals surface area (Å²) < 4.78 is 77.6.